The van der Waals surface area contributed by atoms with E-state index >= 15 is 0 Å². The van der Waals surface area contributed by atoms with Crippen LogP contribution in [0.15, 0.2) is 22.7 Å². The van der Waals surface area contributed by atoms with Gasteiger partial charge in [0.25, 0.3) is 0 Å². The van der Waals surface area contributed by atoms with Gasteiger partial charge < -0.3 is 5.73 Å². The molecule has 1 aromatic rings. The van der Waals surface area contributed by atoms with Crippen LogP contribution in [0.25, 0.3) is 0 Å². The molecule has 1 atom stereocenters. The molecule has 88 valence electrons. The molecule has 1 aliphatic rings. The first-order valence-electron chi connectivity index (χ1n) is 5.88. The van der Waals surface area contributed by atoms with Gasteiger partial charge >= 0.3 is 0 Å². The van der Waals surface area contributed by atoms with Crippen LogP contribution >= 0.6 is 15.9 Å². The maximum Gasteiger partial charge on any atom is 0.0234 e. The molecular weight excluding hydrogens is 264 g/mol. The minimum Gasteiger partial charge on any atom is -0.327 e. The summed E-state index contributed by atoms with van der Waals surface area (Å²) in [5.74, 6) is 0. The van der Waals surface area contributed by atoms with Gasteiger partial charge in [-0.05, 0) is 43.5 Å². The predicted octanol–water partition coefficient (Wildman–Crippen LogP) is 2.68. The van der Waals surface area contributed by atoms with Crippen molar-refractivity contribution in [1.82, 2.24) is 4.90 Å². The molecule has 2 nitrogen and oxygen atoms in total. The van der Waals surface area contributed by atoms with Crippen LogP contribution in [0.2, 0.25) is 0 Å². The Labute approximate surface area is 106 Å². The molecular formula is C13H19BrN2. The first-order valence-corrected chi connectivity index (χ1v) is 6.67. The van der Waals surface area contributed by atoms with Crippen LogP contribution in [0.5, 0.6) is 0 Å². The third-order valence-corrected chi connectivity index (χ3v) is 4.04. The van der Waals surface area contributed by atoms with E-state index < -0.39 is 0 Å². The highest BCUT2D eigenvalue weighted by molar-refractivity contribution is 9.10. The molecule has 0 saturated carbocycles. The van der Waals surface area contributed by atoms with Gasteiger partial charge in [-0.1, -0.05) is 28.1 Å². The number of hydrogen-bond donors (Lipinski definition) is 1. The first-order chi connectivity index (χ1) is 7.65. The summed E-state index contributed by atoms with van der Waals surface area (Å²) < 4.78 is 1.20. The zero-order valence-electron chi connectivity index (χ0n) is 9.75. The normalized spacial score (nSPS) is 22.3. The van der Waals surface area contributed by atoms with E-state index in [1.807, 2.05) is 0 Å². The Hall–Kier alpha value is -0.380. The lowest BCUT2D eigenvalue weighted by Crippen LogP contribution is -2.42. The molecule has 1 aliphatic heterocycles. The van der Waals surface area contributed by atoms with Crippen LogP contribution in [-0.4, -0.2) is 24.0 Å². The molecule has 1 heterocycles. The summed E-state index contributed by atoms with van der Waals surface area (Å²) in [4.78, 5) is 2.45. The van der Waals surface area contributed by atoms with Crippen molar-refractivity contribution in [2.45, 2.75) is 32.4 Å². The number of hydrogen-bond acceptors (Lipinski definition) is 2. The quantitative estimate of drug-likeness (QED) is 0.904. The fraction of sp³-hybridized carbons (Fsp3) is 0.538. The Balaban J connectivity index is 2.00. The molecule has 3 heteroatoms. The van der Waals surface area contributed by atoms with E-state index in [4.69, 9.17) is 5.73 Å². The number of rotatable bonds is 2. The Morgan fingerprint density at radius 1 is 1.50 bits per heavy atom. The number of halogens is 1. The van der Waals surface area contributed by atoms with E-state index in [1.165, 1.54) is 35.0 Å². The second-order valence-corrected chi connectivity index (χ2v) is 5.58. The van der Waals surface area contributed by atoms with Crippen LogP contribution in [-0.2, 0) is 6.54 Å². The van der Waals surface area contributed by atoms with Crippen molar-refractivity contribution < 1.29 is 0 Å². The van der Waals surface area contributed by atoms with E-state index in [0.717, 1.165) is 13.1 Å². The maximum absolute atomic E-state index is 5.98. The predicted molar refractivity (Wildman–Crippen MR) is 71.4 cm³/mol. The number of aryl methyl sites for hydroxylation is 1. The summed E-state index contributed by atoms with van der Waals surface area (Å²) in [5, 5.41) is 0. The zero-order valence-corrected chi connectivity index (χ0v) is 11.3. The van der Waals surface area contributed by atoms with Crippen molar-refractivity contribution >= 4 is 15.9 Å². The van der Waals surface area contributed by atoms with E-state index in [9.17, 15) is 0 Å². The Bertz CT molecular complexity index is 365. The lowest BCUT2D eigenvalue weighted by molar-refractivity contribution is 0.201. The van der Waals surface area contributed by atoms with Crippen molar-refractivity contribution in [3.8, 4) is 0 Å². The topological polar surface area (TPSA) is 29.3 Å². The average molecular weight is 283 g/mol. The van der Waals surface area contributed by atoms with Gasteiger partial charge in [-0.2, -0.15) is 0 Å². The minimum absolute atomic E-state index is 0.364. The lowest BCUT2D eigenvalue weighted by atomic mass is 10.1. The van der Waals surface area contributed by atoms with Gasteiger partial charge in [0, 0.05) is 23.6 Å². The fourth-order valence-electron chi connectivity index (χ4n) is 2.23. The van der Waals surface area contributed by atoms with Gasteiger partial charge in [0.2, 0.25) is 0 Å². The molecule has 1 saturated heterocycles. The number of nitrogens with two attached hydrogens (primary N) is 1. The Morgan fingerprint density at radius 2 is 2.31 bits per heavy atom. The maximum atomic E-state index is 5.98. The molecule has 0 aliphatic carbocycles. The largest absolute Gasteiger partial charge is 0.327 e. The summed E-state index contributed by atoms with van der Waals surface area (Å²) in [6, 6.07) is 6.96. The van der Waals surface area contributed by atoms with Crippen LogP contribution in [0.4, 0.5) is 0 Å². The van der Waals surface area contributed by atoms with Crippen LogP contribution in [0, 0.1) is 6.92 Å². The Morgan fingerprint density at radius 3 is 3.00 bits per heavy atom. The zero-order chi connectivity index (χ0) is 11.5. The summed E-state index contributed by atoms with van der Waals surface area (Å²) >= 11 is 3.58. The summed E-state index contributed by atoms with van der Waals surface area (Å²) in [6.07, 6.45) is 2.41. The standard InChI is InChI=1S/C13H19BrN2/c1-10-4-5-11(7-13(10)14)8-16-6-2-3-12(15)9-16/h4-5,7,12H,2-3,6,8-9,15H2,1H3/t12-/m0/s1. The third kappa shape index (κ3) is 3.06. The van der Waals surface area contributed by atoms with Gasteiger partial charge in [0.05, 0.1) is 0 Å². The minimum atomic E-state index is 0.364. The van der Waals surface area contributed by atoms with Crippen LogP contribution in [0.3, 0.4) is 0 Å². The second-order valence-electron chi connectivity index (χ2n) is 4.72. The summed E-state index contributed by atoms with van der Waals surface area (Å²) in [6.45, 7) is 5.35. The van der Waals surface area contributed by atoms with Crippen molar-refractivity contribution in [2.75, 3.05) is 13.1 Å². The molecule has 16 heavy (non-hydrogen) atoms. The fourth-order valence-corrected chi connectivity index (χ4v) is 2.65. The highest BCUT2D eigenvalue weighted by Gasteiger charge is 2.16. The van der Waals surface area contributed by atoms with Crippen molar-refractivity contribution in [3.63, 3.8) is 0 Å². The first kappa shape index (κ1) is 12.1. The number of piperidine rings is 1. The van der Waals surface area contributed by atoms with Gasteiger partial charge in [-0.3, -0.25) is 4.90 Å². The van der Waals surface area contributed by atoms with Gasteiger partial charge in [0.15, 0.2) is 0 Å². The molecule has 1 aromatic carbocycles. The highest BCUT2D eigenvalue weighted by Crippen LogP contribution is 2.19. The third-order valence-electron chi connectivity index (χ3n) is 3.18. The SMILES string of the molecule is Cc1ccc(CN2CCC[C@H](N)C2)cc1Br. The number of likely N-dealkylation sites (tertiary alicyclic amines) is 1. The monoisotopic (exact) mass is 282 g/mol. The smallest absolute Gasteiger partial charge is 0.0234 e. The van der Waals surface area contributed by atoms with E-state index in [1.54, 1.807) is 0 Å². The summed E-state index contributed by atoms with van der Waals surface area (Å²) in [7, 11) is 0. The molecule has 0 aromatic heterocycles. The molecule has 0 spiro atoms. The second kappa shape index (κ2) is 5.30. The van der Waals surface area contributed by atoms with Crippen molar-refractivity contribution in [3.05, 3.63) is 33.8 Å². The molecule has 2 N–H and O–H groups in total. The Kier molecular flexibility index (Phi) is 4.00. The molecule has 1 fully saturated rings. The van der Waals surface area contributed by atoms with E-state index in [0.29, 0.717) is 6.04 Å². The van der Waals surface area contributed by atoms with Gasteiger partial charge in [-0.25, -0.2) is 0 Å². The van der Waals surface area contributed by atoms with Gasteiger partial charge in [-0.15, -0.1) is 0 Å². The van der Waals surface area contributed by atoms with E-state index in [-0.39, 0.29) is 0 Å². The molecule has 0 bridgehead atoms. The highest BCUT2D eigenvalue weighted by atomic mass is 79.9. The van der Waals surface area contributed by atoms with Crippen molar-refractivity contribution in [1.29, 1.82) is 0 Å². The number of benzene rings is 1. The molecule has 0 amide bonds. The van der Waals surface area contributed by atoms with Crippen LogP contribution < -0.4 is 5.73 Å². The number of nitrogens with zero attached hydrogens (tertiary/aromatic N) is 1. The molecule has 0 radical (unpaired) electrons. The lowest BCUT2D eigenvalue weighted by Gasteiger charge is -2.30. The molecule has 0 unspecified atom stereocenters. The molecule has 2 rings (SSSR count). The van der Waals surface area contributed by atoms with Crippen LogP contribution in [0.1, 0.15) is 24.0 Å². The summed E-state index contributed by atoms with van der Waals surface area (Å²) in [5.41, 5.74) is 8.64. The van der Waals surface area contributed by atoms with E-state index in [2.05, 4.69) is 46.0 Å². The van der Waals surface area contributed by atoms with Crippen molar-refractivity contribution in [2.24, 2.45) is 5.73 Å². The van der Waals surface area contributed by atoms with Gasteiger partial charge in [0.1, 0.15) is 0 Å². The average Bonchev–Trinajstić information content (AvgIpc) is 2.24.